The third-order valence-corrected chi connectivity index (χ3v) is 1.20. The molecule has 0 unspecified atom stereocenters. The lowest BCUT2D eigenvalue weighted by molar-refractivity contribution is 0.111. The van der Waals surface area contributed by atoms with Crippen molar-refractivity contribution >= 4 is 12.0 Å². The Balaban J connectivity index is 3.25. The van der Waals surface area contributed by atoms with Gasteiger partial charge in [-0.1, -0.05) is 0 Å². The second-order valence-corrected chi connectivity index (χ2v) is 1.93. The Bertz CT molecular complexity index is 327. The maximum absolute atomic E-state index is 10.2. The van der Waals surface area contributed by atoms with Gasteiger partial charge in [0.25, 0.3) is 0 Å². The van der Waals surface area contributed by atoms with E-state index in [-0.39, 0.29) is 16.9 Å². The van der Waals surface area contributed by atoms with Gasteiger partial charge >= 0.3 is 0 Å². The zero-order valence-electron chi connectivity index (χ0n) is 5.61. The van der Waals surface area contributed by atoms with Crippen molar-refractivity contribution in [2.45, 2.75) is 0 Å². The third-order valence-electron chi connectivity index (χ3n) is 1.20. The molecule has 2 N–H and O–H groups in total. The van der Waals surface area contributed by atoms with Crippen molar-refractivity contribution in [3.63, 3.8) is 0 Å². The molecule has 1 aromatic rings. The van der Waals surface area contributed by atoms with Crippen molar-refractivity contribution in [3.8, 4) is 6.07 Å². The second kappa shape index (κ2) is 2.80. The number of nitrogens with zero attached hydrogens (tertiary/aromatic N) is 2. The molecule has 0 aromatic carbocycles. The molecule has 11 heavy (non-hydrogen) atoms. The normalized spacial score (nSPS) is 8.64. The SMILES string of the molecule is N#Cc1cc(C=O)ncc1N. The van der Waals surface area contributed by atoms with Gasteiger partial charge in [0.1, 0.15) is 11.8 Å². The van der Waals surface area contributed by atoms with Crippen LogP contribution in [0, 0.1) is 11.3 Å². The fraction of sp³-hybridized carbons (Fsp3) is 0. The Morgan fingerprint density at radius 2 is 2.45 bits per heavy atom. The molecule has 0 aliphatic carbocycles. The maximum Gasteiger partial charge on any atom is 0.168 e. The highest BCUT2D eigenvalue weighted by Gasteiger charge is 1.99. The van der Waals surface area contributed by atoms with Gasteiger partial charge in [-0.15, -0.1) is 0 Å². The lowest BCUT2D eigenvalue weighted by Crippen LogP contribution is -1.94. The molecule has 4 heteroatoms. The lowest BCUT2D eigenvalue weighted by Gasteiger charge is -1.94. The molecule has 0 saturated carbocycles. The van der Waals surface area contributed by atoms with E-state index in [4.69, 9.17) is 11.0 Å². The predicted molar refractivity (Wildman–Crippen MR) is 38.8 cm³/mol. The molecule has 1 aromatic heterocycles. The minimum atomic E-state index is 0.218. The molecule has 0 spiro atoms. The van der Waals surface area contributed by atoms with E-state index in [0.29, 0.717) is 6.29 Å². The highest BCUT2D eigenvalue weighted by atomic mass is 16.1. The van der Waals surface area contributed by atoms with Crippen molar-refractivity contribution in [2.24, 2.45) is 0 Å². The van der Waals surface area contributed by atoms with Crippen molar-refractivity contribution in [2.75, 3.05) is 5.73 Å². The third kappa shape index (κ3) is 1.33. The van der Waals surface area contributed by atoms with Gasteiger partial charge in [-0.25, -0.2) is 0 Å². The number of anilines is 1. The molecular formula is C7H5N3O. The molecule has 54 valence electrons. The number of aldehydes is 1. The molecule has 0 amide bonds. The topological polar surface area (TPSA) is 79.8 Å². The Kier molecular flexibility index (Phi) is 1.83. The van der Waals surface area contributed by atoms with Crippen LogP contribution in [0.3, 0.4) is 0 Å². The van der Waals surface area contributed by atoms with Crippen LogP contribution >= 0.6 is 0 Å². The number of hydrogen-bond acceptors (Lipinski definition) is 4. The van der Waals surface area contributed by atoms with Crippen LogP contribution in [0.25, 0.3) is 0 Å². The van der Waals surface area contributed by atoms with Gasteiger partial charge in [-0.2, -0.15) is 5.26 Å². The summed E-state index contributed by atoms with van der Waals surface area (Å²) in [6.45, 7) is 0. The summed E-state index contributed by atoms with van der Waals surface area (Å²) in [6.07, 6.45) is 1.86. The summed E-state index contributed by atoms with van der Waals surface area (Å²) in [6, 6.07) is 3.20. The van der Waals surface area contributed by atoms with Gasteiger partial charge in [0.2, 0.25) is 0 Å². The van der Waals surface area contributed by atoms with Crippen LogP contribution in [-0.4, -0.2) is 11.3 Å². The van der Waals surface area contributed by atoms with Crippen LogP contribution in [0.15, 0.2) is 12.3 Å². The van der Waals surface area contributed by atoms with E-state index in [1.807, 2.05) is 6.07 Å². The lowest BCUT2D eigenvalue weighted by atomic mass is 10.2. The Labute approximate surface area is 63.3 Å². The smallest absolute Gasteiger partial charge is 0.168 e. The number of aromatic nitrogens is 1. The summed E-state index contributed by atoms with van der Waals surface area (Å²) in [5.41, 5.74) is 6.14. The highest BCUT2D eigenvalue weighted by molar-refractivity contribution is 5.74. The number of nitriles is 1. The van der Waals surface area contributed by atoms with Crippen LogP contribution < -0.4 is 5.73 Å². The second-order valence-electron chi connectivity index (χ2n) is 1.93. The van der Waals surface area contributed by atoms with E-state index in [2.05, 4.69) is 4.98 Å². The molecule has 0 aliphatic heterocycles. The standard InChI is InChI=1S/C7H5N3O/c8-2-5-1-6(4-11)10-3-7(5)9/h1,3-4H,9H2. The van der Waals surface area contributed by atoms with Gasteiger partial charge in [0, 0.05) is 0 Å². The number of nitrogen functional groups attached to an aromatic ring is 1. The Morgan fingerprint density at radius 1 is 1.73 bits per heavy atom. The summed E-state index contributed by atoms with van der Waals surface area (Å²) in [4.78, 5) is 13.8. The van der Waals surface area contributed by atoms with E-state index >= 15 is 0 Å². The molecule has 0 radical (unpaired) electrons. The summed E-state index contributed by atoms with van der Waals surface area (Å²) in [5, 5.41) is 8.46. The number of pyridine rings is 1. The molecule has 0 fully saturated rings. The van der Waals surface area contributed by atoms with Crippen LogP contribution in [0.2, 0.25) is 0 Å². The van der Waals surface area contributed by atoms with E-state index < -0.39 is 0 Å². The minimum Gasteiger partial charge on any atom is -0.396 e. The Hall–Kier alpha value is -1.89. The number of hydrogen-bond donors (Lipinski definition) is 1. The zero-order chi connectivity index (χ0) is 8.27. The fourth-order valence-corrected chi connectivity index (χ4v) is 0.643. The molecule has 1 heterocycles. The number of carbonyl (C=O) groups excluding carboxylic acids is 1. The monoisotopic (exact) mass is 147 g/mol. The van der Waals surface area contributed by atoms with Crippen LogP contribution in [-0.2, 0) is 0 Å². The van der Waals surface area contributed by atoms with Crippen LogP contribution in [0.4, 0.5) is 5.69 Å². The van der Waals surface area contributed by atoms with E-state index in [0.717, 1.165) is 0 Å². The van der Waals surface area contributed by atoms with Gasteiger partial charge in [0.05, 0.1) is 17.4 Å². The van der Waals surface area contributed by atoms with Crippen LogP contribution in [0.1, 0.15) is 16.1 Å². The number of carbonyl (C=O) groups is 1. The van der Waals surface area contributed by atoms with Crippen molar-refractivity contribution in [3.05, 3.63) is 23.5 Å². The molecule has 1 rings (SSSR count). The first kappa shape index (κ1) is 7.22. The predicted octanol–water partition coefficient (Wildman–Crippen LogP) is 0.348. The first-order valence-electron chi connectivity index (χ1n) is 2.88. The Morgan fingerprint density at radius 3 is 3.00 bits per heavy atom. The largest absolute Gasteiger partial charge is 0.396 e. The summed E-state index contributed by atoms with van der Waals surface area (Å²) < 4.78 is 0. The highest BCUT2D eigenvalue weighted by Crippen LogP contribution is 2.08. The van der Waals surface area contributed by atoms with Gasteiger partial charge in [-0.3, -0.25) is 9.78 Å². The van der Waals surface area contributed by atoms with Crippen molar-refractivity contribution < 1.29 is 4.79 Å². The number of nitrogens with two attached hydrogens (primary N) is 1. The first-order valence-corrected chi connectivity index (χ1v) is 2.88. The molecule has 0 atom stereocenters. The fourth-order valence-electron chi connectivity index (χ4n) is 0.643. The van der Waals surface area contributed by atoms with Gasteiger partial charge in [-0.05, 0) is 6.07 Å². The molecule has 0 bridgehead atoms. The van der Waals surface area contributed by atoms with E-state index in [1.54, 1.807) is 0 Å². The minimum absolute atomic E-state index is 0.218. The van der Waals surface area contributed by atoms with Crippen molar-refractivity contribution in [1.29, 1.82) is 5.26 Å². The molecule has 0 saturated heterocycles. The molecule has 0 aliphatic rings. The summed E-state index contributed by atoms with van der Waals surface area (Å²) in [5.74, 6) is 0. The number of rotatable bonds is 1. The average Bonchev–Trinajstić information content (AvgIpc) is 2.05. The first-order chi connectivity index (χ1) is 5.27. The average molecular weight is 147 g/mol. The zero-order valence-corrected chi connectivity index (χ0v) is 5.61. The molecular weight excluding hydrogens is 142 g/mol. The summed E-state index contributed by atoms with van der Waals surface area (Å²) in [7, 11) is 0. The van der Waals surface area contributed by atoms with Gasteiger partial charge < -0.3 is 5.73 Å². The van der Waals surface area contributed by atoms with Crippen LogP contribution in [0.5, 0.6) is 0 Å². The quantitative estimate of drug-likeness (QED) is 0.581. The van der Waals surface area contributed by atoms with Crippen molar-refractivity contribution in [1.82, 2.24) is 4.98 Å². The molecule has 4 nitrogen and oxygen atoms in total. The maximum atomic E-state index is 10.2. The van der Waals surface area contributed by atoms with E-state index in [1.165, 1.54) is 12.3 Å². The van der Waals surface area contributed by atoms with Gasteiger partial charge in [0.15, 0.2) is 6.29 Å². The van der Waals surface area contributed by atoms with E-state index in [9.17, 15) is 4.79 Å². The summed E-state index contributed by atoms with van der Waals surface area (Å²) >= 11 is 0.